The van der Waals surface area contributed by atoms with Crippen molar-refractivity contribution >= 4 is 23.2 Å². The molecule has 0 saturated heterocycles. The molecule has 7 heteroatoms. The SMILES string of the molecule is Cc1ccc(Nc2nc(Cl)nc(-n3ccnc3)n2)cc1C. The Morgan fingerprint density at radius 2 is 1.95 bits per heavy atom. The van der Waals surface area contributed by atoms with Crippen molar-refractivity contribution in [2.75, 3.05) is 5.32 Å². The van der Waals surface area contributed by atoms with Gasteiger partial charge in [-0.3, -0.25) is 4.57 Å². The molecule has 0 aliphatic heterocycles. The molecular weight excluding hydrogens is 288 g/mol. The molecule has 0 saturated carbocycles. The zero-order valence-electron chi connectivity index (χ0n) is 11.6. The van der Waals surface area contributed by atoms with Gasteiger partial charge >= 0.3 is 0 Å². The van der Waals surface area contributed by atoms with Crippen LogP contribution in [0.5, 0.6) is 0 Å². The predicted octanol–water partition coefficient (Wildman–Crippen LogP) is 3.07. The molecule has 0 bridgehead atoms. The van der Waals surface area contributed by atoms with E-state index >= 15 is 0 Å². The van der Waals surface area contributed by atoms with Crippen LogP contribution in [0.15, 0.2) is 36.9 Å². The van der Waals surface area contributed by atoms with Gasteiger partial charge in [0.2, 0.25) is 17.2 Å². The quantitative estimate of drug-likeness (QED) is 0.805. The molecular formula is C14H13ClN6. The second-order valence-corrected chi connectivity index (χ2v) is 4.96. The number of imidazole rings is 1. The van der Waals surface area contributed by atoms with Crippen LogP contribution in [-0.2, 0) is 0 Å². The summed E-state index contributed by atoms with van der Waals surface area (Å²) in [6.45, 7) is 4.12. The van der Waals surface area contributed by atoms with Gasteiger partial charge in [0.05, 0.1) is 0 Å². The Morgan fingerprint density at radius 3 is 2.67 bits per heavy atom. The fourth-order valence-corrected chi connectivity index (χ4v) is 1.99. The van der Waals surface area contributed by atoms with Gasteiger partial charge in [-0.05, 0) is 48.7 Å². The van der Waals surface area contributed by atoms with Crippen molar-refractivity contribution in [2.24, 2.45) is 0 Å². The highest BCUT2D eigenvalue weighted by Crippen LogP contribution is 2.18. The maximum absolute atomic E-state index is 5.95. The fourth-order valence-electron chi connectivity index (χ4n) is 1.84. The first-order chi connectivity index (χ1) is 10.1. The molecule has 0 fully saturated rings. The Balaban J connectivity index is 1.93. The number of nitrogens with one attached hydrogen (secondary N) is 1. The zero-order valence-corrected chi connectivity index (χ0v) is 12.3. The molecule has 106 valence electrons. The van der Waals surface area contributed by atoms with E-state index in [1.807, 2.05) is 18.2 Å². The summed E-state index contributed by atoms with van der Waals surface area (Å²) in [5.74, 6) is 0.806. The molecule has 21 heavy (non-hydrogen) atoms. The van der Waals surface area contributed by atoms with Gasteiger partial charge in [0.1, 0.15) is 6.33 Å². The molecule has 0 aliphatic carbocycles. The van der Waals surface area contributed by atoms with Gasteiger partial charge in [0, 0.05) is 18.1 Å². The van der Waals surface area contributed by atoms with Crippen LogP contribution in [0.1, 0.15) is 11.1 Å². The first kappa shape index (κ1) is 13.5. The number of anilines is 2. The lowest BCUT2D eigenvalue weighted by Gasteiger charge is -2.08. The lowest BCUT2D eigenvalue weighted by atomic mass is 10.1. The van der Waals surface area contributed by atoms with Crippen LogP contribution in [0.25, 0.3) is 5.95 Å². The molecule has 0 atom stereocenters. The van der Waals surface area contributed by atoms with E-state index in [0.29, 0.717) is 11.9 Å². The third-order valence-corrected chi connectivity index (χ3v) is 3.26. The van der Waals surface area contributed by atoms with Gasteiger partial charge < -0.3 is 5.32 Å². The molecule has 3 rings (SSSR count). The molecule has 0 unspecified atom stereocenters. The molecule has 0 amide bonds. The first-order valence-corrected chi connectivity index (χ1v) is 6.74. The van der Waals surface area contributed by atoms with E-state index in [-0.39, 0.29) is 5.28 Å². The molecule has 1 N–H and O–H groups in total. The summed E-state index contributed by atoms with van der Waals surface area (Å²) in [4.78, 5) is 16.5. The number of hydrogen-bond acceptors (Lipinski definition) is 5. The topological polar surface area (TPSA) is 68.5 Å². The van der Waals surface area contributed by atoms with Crippen LogP contribution in [0.4, 0.5) is 11.6 Å². The minimum atomic E-state index is 0.125. The summed E-state index contributed by atoms with van der Waals surface area (Å²) in [5.41, 5.74) is 3.32. The lowest BCUT2D eigenvalue weighted by molar-refractivity contribution is 0.899. The van der Waals surface area contributed by atoms with Gasteiger partial charge in [-0.25, -0.2) is 4.98 Å². The van der Waals surface area contributed by atoms with Gasteiger partial charge in [0.15, 0.2) is 0 Å². The van der Waals surface area contributed by atoms with E-state index in [0.717, 1.165) is 5.69 Å². The number of hydrogen-bond donors (Lipinski definition) is 1. The highest BCUT2D eigenvalue weighted by Gasteiger charge is 2.07. The number of benzene rings is 1. The number of halogens is 1. The maximum atomic E-state index is 5.95. The molecule has 2 heterocycles. The van der Waals surface area contributed by atoms with Crippen molar-refractivity contribution < 1.29 is 0 Å². The minimum absolute atomic E-state index is 0.125. The largest absolute Gasteiger partial charge is 0.324 e. The third kappa shape index (κ3) is 3.00. The maximum Gasteiger partial charge on any atom is 0.241 e. The number of aryl methyl sites for hydroxylation is 2. The van der Waals surface area contributed by atoms with E-state index in [2.05, 4.69) is 39.1 Å². The summed E-state index contributed by atoms with van der Waals surface area (Å²) < 4.78 is 1.67. The van der Waals surface area contributed by atoms with Crippen LogP contribution < -0.4 is 5.32 Å². The molecule has 1 aromatic carbocycles. The highest BCUT2D eigenvalue weighted by molar-refractivity contribution is 6.28. The Kier molecular flexibility index (Phi) is 3.53. The van der Waals surface area contributed by atoms with Crippen molar-refractivity contribution in [3.63, 3.8) is 0 Å². The molecule has 0 radical (unpaired) electrons. The zero-order chi connectivity index (χ0) is 14.8. The van der Waals surface area contributed by atoms with Crippen LogP contribution in [0, 0.1) is 13.8 Å². The minimum Gasteiger partial charge on any atom is -0.324 e. The number of rotatable bonds is 3. The molecule has 0 aliphatic rings. The Bertz CT molecular complexity index is 769. The molecule has 3 aromatic rings. The Labute approximate surface area is 126 Å². The number of nitrogens with zero attached hydrogens (tertiary/aromatic N) is 5. The van der Waals surface area contributed by atoms with Crippen molar-refractivity contribution in [1.82, 2.24) is 24.5 Å². The summed E-state index contributed by atoms with van der Waals surface area (Å²) in [6, 6.07) is 6.04. The van der Waals surface area contributed by atoms with Crippen molar-refractivity contribution in [2.45, 2.75) is 13.8 Å². The van der Waals surface area contributed by atoms with Crippen molar-refractivity contribution in [3.05, 3.63) is 53.3 Å². The van der Waals surface area contributed by atoms with E-state index < -0.39 is 0 Å². The van der Waals surface area contributed by atoms with E-state index in [1.54, 1.807) is 23.3 Å². The van der Waals surface area contributed by atoms with Gasteiger partial charge in [-0.1, -0.05) is 6.07 Å². The Morgan fingerprint density at radius 1 is 1.10 bits per heavy atom. The van der Waals surface area contributed by atoms with Gasteiger partial charge in [0.25, 0.3) is 0 Å². The number of aromatic nitrogens is 5. The molecule has 0 spiro atoms. The molecule has 6 nitrogen and oxygen atoms in total. The van der Waals surface area contributed by atoms with Crippen LogP contribution in [0.3, 0.4) is 0 Å². The highest BCUT2D eigenvalue weighted by atomic mass is 35.5. The van der Waals surface area contributed by atoms with Crippen LogP contribution in [-0.4, -0.2) is 24.5 Å². The third-order valence-electron chi connectivity index (χ3n) is 3.09. The standard InChI is InChI=1S/C14H13ClN6/c1-9-3-4-11(7-10(9)2)17-13-18-12(15)19-14(20-13)21-6-5-16-8-21/h3-8H,1-2H3,(H,17,18,19,20). The second-order valence-electron chi connectivity index (χ2n) is 4.62. The average Bonchev–Trinajstić information content (AvgIpc) is 2.96. The smallest absolute Gasteiger partial charge is 0.241 e. The first-order valence-electron chi connectivity index (χ1n) is 6.36. The normalized spacial score (nSPS) is 10.6. The summed E-state index contributed by atoms with van der Waals surface area (Å²) in [7, 11) is 0. The van der Waals surface area contributed by atoms with Crippen molar-refractivity contribution in [3.8, 4) is 5.95 Å². The van der Waals surface area contributed by atoms with E-state index in [1.165, 1.54) is 11.1 Å². The Hall–Kier alpha value is -2.47. The van der Waals surface area contributed by atoms with E-state index in [9.17, 15) is 0 Å². The summed E-state index contributed by atoms with van der Waals surface area (Å²) in [6.07, 6.45) is 4.99. The second kappa shape index (κ2) is 5.49. The monoisotopic (exact) mass is 300 g/mol. The summed E-state index contributed by atoms with van der Waals surface area (Å²) >= 11 is 5.95. The predicted molar refractivity (Wildman–Crippen MR) is 81.2 cm³/mol. The van der Waals surface area contributed by atoms with Crippen LogP contribution >= 0.6 is 11.6 Å². The fraction of sp³-hybridized carbons (Fsp3) is 0.143. The summed E-state index contributed by atoms with van der Waals surface area (Å²) in [5, 5.41) is 3.26. The molecule has 2 aromatic heterocycles. The average molecular weight is 301 g/mol. The van der Waals surface area contributed by atoms with Crippen LogP contribution in [0.2, 0.25) is 5.28 Å². The van der Waals surface area contributed by atoms with Crippen molar-refractivity contribution in [1.29, 1.82) is 0 Å². The van der Waals surface area contributed by atoms with Gasteiger partial charge in [-0.15, -0.1) is 0 Å². The lowest BCUT2D eigenvalue weighted by Crippen LogP contribution is -2.05. The van der Waals surface area contributed by atoms with Gasteiger partial charge in [-0.2, -0.15) is 15.0 Å². The van der Waals surface area contributed by atoms with E-state index in [4.69, 9.17) is 11.6 Å².